The second-order valence-corrected chi connectivity index (χ2v) is 6.73. The molecule has 0 saturated carbocycles. The van der Waals surface area contributed by atoms with E-state index >= 15 is 0 Å². The second kappa shape index (κ2) is 6.29. The van der Waals surface area contributed by atoms with Gasteiger partial charge in [0.1, 0.15) is 0 Å². The summed E-state index contributed by atoms with van der Waals surface area (Å²) in [6.07, 6.45) is 0. The zero-order chi connectivity index (χ0) is 15.7. The van der Waals surface area contributed by atoms with E-state index in [4.69, 9.17) is 0 Å². The van der Waals surface area contributed by atoms with Crippen LogP contribution in [0.3, 0.4) is 0 Å². The third-order valence-electron chi connectivity index (χ3n) is 4.94. The Morgan fingerprint density at radius 3 is 2.14 bits per heavy atom. The molecule has 1 aliphatic rings. The van der Waals surface area contributed by atoms with Crippen molar-refractivity contribution in [2.75, 3.05) is 26.7 Å². The average molecular weight is 288 g/mol. The highest BCUT2D eigenvalue weighted by atomic mass is 16.1. The maximum absolute atomic E-state index is 12.6. The molecule has 0 bridgehead atoms. The minimum Gasteiger partial charge on any atom is -0.298 e. The van der Waals surface area contributed by atoms with Gasteiger partial charge in [-0.25, -0.2) is 0 Å². The molecule has 0 aliphatic carbocycles. The van der Waals surface area contributed by atoms with Crippen molar-refractivity contribution < 1.29 is 4.79 Å². The first-order chi connectivity index (χ1) is 9.79. The van der Waals surface area contributed by atoms with Crippen LogP contribution < -0.4 is 0 Å². The third kappa shape index (κ3) is 3.53. The molecule has 2 rings (SSSR count). The summed E-state index contributed by atoms with van der Waals surface area (Å²) in [6, 6.07) is 5.18. The van der Waals surface area contributed by atoms with Gasteiger partial charge >= 0.3 is 0 Å². The van der Waals surface area contributed by atoms with Gasteiger partial charge in [-0.3, -0.25) is 14.6 Å². The van der Waals surface area contributed by atoms with E-state index in [0.717, 1.165) is 24.2 Å². The molecule has 1 saturated heterocycles. The van der Waals surface area contributed by atoms with Crippen LogP contribution in [0, 0.1) is 20.8 Å². The number of rotatable bonds is 3. The summed E-state index contributed by atoms with van der Waals surface area (Å²) in [5, 5.41) is 0. The summed E-state index contributed by atoms with van der Waals surface area (Å²) in [6.45, 7) is 13.1. The van der Waals surface area contributed by atoms with Crippen LogP contribution >= 0.6 is 0 Å². The number of Topliss-reactive ketones (excluding diaryl/α,β-unsaturated/α-hetero) is 1. The minimum atomic E-state index is 0.250. The number of carbonyl (C=O) groups is 1. The Morgan fingerprint density at radius 1 is 1.05 bits per heavy atom. The molecule has 1 aromatic rings. The van der Waals surface area contributed by atoms with Crippen molar-refractivity contribution in [1.82, 2.24) is 9.80 Å². The van der Waals surface area contributed by atoms with Gasteiger partial charge in [0.25, 0.3) is 0 Å². The standard InChI is InChI=1S/C18H28N2O/c1-12-7-14(3)17(8-13(12)2)18(21)11-20-9-15(4)19(6)16(5)10-20/h7-8,15-16H,9-11H2,1-6H3. The fourth-order valence-corrected chi connectivity index (χ4v) is 3.19. The normalized spacial score (nSPS) is 24.3. The minimum absolute atomic E-state index is 0.250. The molecule has 3 nitrogen and oxygen atoms in total. The maximum Gasteiger partial charge on any atom is 0.177 e. The van der Waals surface area contributed by atoms with E-state index in [1.165, 1.54) is 11.1 Å². The molecule has 1 aromatic carbocycles. The number of aryl methyl sites for hydroxylation is 3. The van der Waals surface area contributed by atoms with E-state index in [2.05, 4.69) is 56.7 Å². The van der Waals surface area contributed by atoms with Gasteiger partial charge in [-0.2, -0.15) is 0 Å². The fraction of sp³-hybridized carbons (Fsp3) is 0.611. The number of likely N-dealkylation sites (N-methyl/N-ethyl adjacent to an activating group) is 1. The summed E-state index contributed by atoms with van der Waals surface area (Å²) in [4.78, 5) is 17.3. The van der Waals surface area contributed by atoms with Gasteiger partial charge in [0, 0.05) is 30.7 Å². The Balaban J connectivity index is 2.10. The first kappa shape index (κ1) is 16.2. The molecule has 1 fully saturated rings. The number of hydrogen-bond donors (Lipinski definition) is 0. The van der Waals surface area contributed by atoms with E-state index in [9.17, 15) is 4.79 Å². The predicted octanol–water partition coefficient (Wildman–Crippen LogP) is 2.82. The molecule has 0 spiro atoms. The molecule has 0 N–H and O–H groups in total. The van der Waals surface area contributed by atoms with Crippen LogP contribution in [0.5, 0.6) is 0 Å². The van der Waals surface area contributed by atoms with E-state index in [-0.39, 0.29) is 5.78 Å². The SMILES string of the molecule is Cc1cc(C)c(C(=O)CN2CC(C)N(C)C(C)C2)cc1C. The summed E-state index contributed by atoms with van der Waals surface area (Å²) in [5.74, 6) is 0.250. The molecule has 0 aromatic heterocycles. The lowest BCUT2D eigenvalue weighted by molar-refractivity contribution is 0.0549. The molecule has 116 valence electrons. The van der Waals surface area contributed by atoms with Gasteiger partial charge in [-0.05, 0) is 64.4 Å². The topological polar surface area (TPSA) is 23.6 Å². The van der Waals surface area contributed by atoms with Gasteiger partial charge in [-0.15, -0.1) is 0 Å². The molecule has 21 heavy (non-hydrogen) atoms. The zero-order valence-corrected chi connectivity index (χ0v) is 14.2. The number of piperazine rings is 1. The van der Waals surface area contributed by atoms with Crippen molar-refractivity contribution in [3.05, 3.63) is 34.4 Å². The van der Waals surface area contributed by atoms with Crippen molar-refractivity contribution in [1.29, 1.82) is 0 Å². The van der Waals surface area contributed by atoms with Gasteiger partial charge in [0.05, 0.1) is 6.54 Å². The van der Waals surface area contributed by atoms with Gasteiger partial charge in [-0.1, -0.05) is 6.07 Å². The Labute approximate surface area is 128 Å². The molecule has 0 radical (unpaired) electrons. The van der Waals surface area contributed by atoms with Crippen molar-refractivity contribution in [2.24, 2.45) is 0 Å². The molecule has 2 atom stereocenters. The van der Waals surface area contributed by atoms with Crippen molar-refractivity contribution >= 4 is 5.78 Å². The summed E-state index contributed by atoms with van der Waals surface area (Å²) >= 11 is 0. The molecule has 0 amide bonds. The molecule has 1 aliphatic heterocycles. The number of ketones is 1. The molecular formula is C18H28N2O. The quantitative estimate of drug-likeness (QED) is 0.799. The van der Waals surface area contributed by atoms with Crippen molar-refractivity contribution in [2.45, 2.75) is 46.7 Å². The van der Waals surface area contributed by atoms with E-state index < -0.39 is 0 Å². The molecule has 1 heterocycles. The zero-order valence-electron chi connectivity index (χ0n) is 14.2. The fourth-order valence-electron chi connectivity index (χ4n) is 3.19. The smallest absolute Gasteiger partial charge is 0.177 e. The van der Waals surface area contributed by atoms with Crippen LogP contribution in [-0.2, 0) is 0 Å². The Bertz CT molecular complexity index is 526. The van der Waals surface area contributed by atoms with Crippen LogP contribution in [0.25, 0.3) is 0 Å². The monoisotopic (exact) mass is 288 g/mol. The predicted molar refractivity (Wildman–Crippen MR) is 88.1 cm³/mol. The first-order valence-electron chi connectivity index (χ1n) is 7.85. The highest BCUT2D eigenvalue weighted by Gasteiger charge is 2.27. The molecule has 3 heteroatoms. The van der Waals surface area contributed by atoms with Crippen LogP contribution in [0.4, 0.5) is 0 Å². The van der Waals surface area contributed by atoms with Crippen LogP contribution in [0.2, 0.25) is 0 Å². The molecular weight excluding hydrogens is 260 g/mol. The number of nitrogens with zero attached hydrogens (tertiary/aromatic N) is 2. The Kier molecular flexibility index (Phi) is 4.84. The average Bonchev–Trinajstić information content (AvgIpc) is 2.40. The summed E-state index contributed by atoms with van der Waals surface area (Å²) in [5.41, 5.74) is 4.44. The third-order valence-corrected chi connectivity index (χ3v) is 4.94. The summed E-state index contributed by atoms with van der Waals surface area (Å²) in [7, 11) is 2.17. The van der Waals surface area contributed by atoms with Gasteiger partial charge < -0.3 is 0 Å². The van der Waals surface area contributed by atoms with Crippen LogP contribution in [-0.4, -0.2) is 54.3 Å². The summed E-state index contributed by atoms with van der Waals surface area (Å²) < 4.78 is 0. The maximum atomic E-state index is 12.6. The Hall–Kier alpha value is -1.19. The lowest BCUT2D eigenvalue weighted by Gasteiger charge is -2.42. The number of carbonyl (C=O) groups excluding carboxylic acids is 1. The van der Waals surface area contributed by atoms with Crippen LogP contribution in [0.1, 0.15) is 40.9 Å². The largest absolute Gasteiger partial charge is 0.298 e. The lowest BCUT2D eigenvalue weighted by Crippen LogP contribution is -2.55. The van der Waals surface area contributed by atoms with Crippen LogP contribution in [0.15, 0.2) is 12.1 Å². The van der Waals surface area contributed by atoms with Gasteiger partial charge in [0.15, 0.2) is 5.78 Å². The number of hydrogen-bond acceptors (Lipinski definition) is 3. The number of benzene rings is 1. The van der Waals surface area contributed by atoms with Crippen molar-refractivity contribution in [3.8, 4) is 0 Å². The van der Waals surface area contributed by atoms with Crippen molar-refractivity contribution in [3.63, 3.8) is 0 Å². The van der Waals surface area contributed by atoms with Gasteiger partial charge in [0.2, 0.25) is 0 Å². The first-order valence-corrected chi connectivity index (χ1v) is 7.85. The second-order valence-electron chi connectivity index (χ2n) is 6.73. The van der Waals surface area contributed by atoms with E-state index in [0.29, 0.717) is 18.6 Å². The molecule has 2 unspecified atom stereocenters. The highest BCUT2D eigenvalue weighted by Crippen LogP contribution is 2.18. The lowest BCUT2D eigenvalue weighted by atomic mass is 9.97. The Morgan fingerprint density at radius 2 is 1.57 bits per heavy atom. The highest BCUT2D eigenvalue weighted by molar-refractivity contribution is 5.99. The van der Waals surface area contributed by atoms with E-state index in [1.807, 2.05) is 6.92 Å². The van der Waals surface area contributed by atoms with E-state index in [1.54, 1.807) is 0 Å².